The molecule has 0 aliphatic heterocycles. The second-order valence-corrected chi connectivity index (χ2v) is 4.56. The Balaban J connectivity index is 2.14. The molecule has 1 aromatic heterocycles. The van der Waals surface area contributed by atoms with Crippen LogP contribution in [-0.4, -0.2) is 28.7 Å². The number of nitrogens with zero attached hydrogens (tertiary/aromatic N) is 1. The second kappa shape index (κ2) is 6.38. The smallest absolute Gasteiger partial charge is 0.224 e. The van der Waals surface area contributed by atoms with Crippen LogP contribution in [0.4, 0.5) is 0 Å². The van der Waals surface area contributed by atoms with Gasteiger partial charge in [-0.1, -0.05) is 18.2 Å². The monoisotopic (exact) mass is 260 g/mol. The molecule has 4 heteroatoms. The highest BCUT2D eigenvalue weighted by Crippen LogP contribution is 2.21. The molecule has 0 saturated heterocycles. The molecule has 0 spiro atoms. The quantitative estimate of drug-likeness (QED) is 0.777. The number of benzene rings is 1. The third-order valence-corrected chi connectivity index (χ3v) is 3.22. The third kappa shape index (κ3) is 3.15. The number of aliphatic hydroxyl groups excluding tert-OH is 1. The van der Waals surface area contributed by atoms with Gasteiger partial charge in [-0.3, -0.25) is 4.79 Å². The van der Waals surface area contributed by atoms with Crippen LogP contribution in [0.2, 0.25) is 0 Å². The van der Waals surface area contributed by atoms with Crippen LogP contribution >= 0.6 is 0 Å². The number of fused-ring (bicyclic) bond motifs is 1. The second-order valence-electron chi connectivity index (χ2n) is 4.56. The van der Waals surface area contributed by atoms with Gasteiger partial charge < -0.3 is 15.0 Å². The number of para-hydroxylation sites is 1. The minimum atomic E-state index is 0.00690. The summed E-state index contributed by atoms with van der Waals surface area (Å²) in [5, 5.41) is 12.6. The maximum absolute atomic E-state index is 11.8. The van der Waals surface area contributed by atoms with Crippen molar-refractivity contribution in [3.63, 3.8) is 0 Å². The minimum absolute atomic E-state index is 0.00690. The molecule has 0 radical (unpaired) electrons. The standard InChI is InChI=1S/C15H20N2O2/c1-2-17-11-12(10-15(19)16-8-5-9-18)13-6-3-4-7-14(13)17/h3-4,6-7,11,18H,2,5,8-10H2,1H3,(H,16,19). The summed E-state index contributed by atoms with van der Waals surface area (Å²) >= 11 is 0. The van der Waals surface area contributed by atoms with Crippen LogP contribution in [0, 0.1) is 0 Å². The van der Waals surface area contributed by atoms with Gasteiger partial charge in [0.2, 0.25) is 5.91 Å². The van der Waals surface area contributed by atoms with Gasteiger partial charge in [0.05, 0.1) is 6.42 Å². The van der Waals surface area contributed by atoms with Gasteiger partial charge in [-0.2, -0.15) is 0 Å². The van der Waals surface area contributed by atoms with E-state index in [0.29, 0.717) is 19.4 Å². The third-order valence-electron chi connectivity index (χ3n) is 3.22. The molecule has 2 rings (SSSR count). The lowest BCUT2D eigenvalue weighted by atomic mass is 10.1. The Bertz CT molecular complexity index is 560. The van der Waals surface area contributed by atoms with Crippen LogP contribution in [0.1, 0.15) is 18.9 Å². The highest BCUT2D eigenvalue weighted by atomic mass is 16.3. The van der Waals surface area contributed by atoms with Crippen LogP contribution < -0.4 is 5.32 Å². The molecule has 19 heavy (non-hydrogen) atoms. The van der Waals surface area contributed by atoms with Crippen molar-refractivity contribution in [3.05, 3.63) is 36.0 Å². The van der Waals surface area contributed by atoms with Crippen LogP contribution in [-0.2, 0) is 17.8 Å². The number of aryl methyl sites for hydroxylation is 1. The summed E-state index contributed by atoms with van der Waals surface area (Å²) in [5.74, 6) is 0.00690. The van der Waals surface area contributed by atoms with E-state index in [2.05, 4.69) is 35.1 Å². The van der Waals surface area contributed by atoms with E-state index in [-0.39, 0.29) is 12.5 Å². The van der Waals surface area contributed by atoms with Crippen molar-refractivity contribution >= 4 is 16.8 Å². The summed E-state index contributed by atoms with van der Waals surface area (Å²) in [6.07, 6.45) is 3.04. The number of hydrogen-bond donors (Lipinski definition) is 2. The van der Waals surface area contributed by atoms with E-state index in [0.717, 1.165) is 17.5 Å². The Kier molecular flexibility index (Phi) is 4.58. The number of rotatable bonds is 6. The van der Waals surface area contributed by atoms with Gasteiger partial charge in [-0.25, -0.2) is 0 Å². The lowest BCUT2D eigenvalue weighted by molar-refractivity contribution is -0.120. The van der Waals surface area contributed by atoms with Crippen LogP contribution in [0.3, 0.4) is 0 Å². The fourth-order valence-corrected chi connectivity index (χ4v) is 2.27. The minimum Gasteiger partial charge on any atom is -0.396 e. The summed E-state index contributed by atoms with van der Waals surface area (Å²) in [5.41, 5.74) is 2.22. The fraction of sp³-hybridized carbons (Fsp3) is 0.400. The zero-order valence-corrected chi connectivity index (χ0v) is 11.2. The van der Waals surface area contributed by atoms with E-state index >= 15 is 0 Å². The first-order valence-corrected chi connectivity index (χ1v) is 6.70. The van der Waals surface area contributed by atoms with Gasteiger partial charge in [0.15, 0.2) is 0 Å². The highest BCUT2D eigenvalue weighted by molar-refractivity contribution is 5.89. The van der Waals surface area contributed by atoms with Crippen LogP contribution in [0.5, 0.6) is 0 Å². The van der Waals surface area contributed by atoms with E-state index in [9.17, 15) is 4.79 Å². The van der Waals surface area contributed by atoms with Crippen molar-refractivity contribution in [3.8, 4) is 0 Å². The highest BCUT2D eigenvalue weighted by Gasteiger charge is 2.10. The first kappa shape index (κ1) is 13.6. The molecule has 102 valence electrons. The molecule has 0 fully saturated rings. The molecular weight excluding hydrogens is 240 g/mol. The zero-order valence-electron chi connectivity index (χ0n) is 11.2. The number of nitrogens with one attached hydrogen (secondary N) is 1. The predicted molar refractivity (Wildman–Crippen MR) is 76.0 cm³/mol. The van der Waals surface area contributed by atoms with Crippen molar-refractivity contribution in [1.29, 1.82) is 0 Å². The Labute approximate surface area is 113 Å². The van der Waals surface area contributed by atoms with Crippen LogP contribution in [0.15, 0.2) is 30.5 Å². The molecule has 0 bridgehead atoms. The maximum Gasteiger partial charge on any atom is 0.224 e. The van der Waals surface area contributed by atoms with Crippen molar-refractivity contribution in [2.45, 2.75) is 26.3 Å². The molecule has 2 N–H and O–H groups in total. The van der Waals surface area contributed by atoms with Crippen molar-refractivity contribution < 1.29 is 9.90 Å². The Morgan fingerprint density at radius 2 is 2.16 bits per heavy atom. The molecule has 0 atom stereocenters. The number of aliphatic hydroxyl groups is 1. The number of carbonyl (C=O) groups excluding carboxylic acids is 1. The first-order valence-electron chi connectivity index (χ1n) is 6.70. The van der Waals surface area contributed by atoms with E-state index < -0.39 is 0 Å². The molecule has 0 aliphatic rings. The van der Waals surface area contributed by atoms with E-state index in [4.69, 9.17) is 5.11 Å². The van der Waals surface area contributed by atoms with E-state index in [1.165, 1.54) is 5.52 Å². The average molecular weight is 260 g/mol. The Morgan fingerprint density at radius 3 is 2.89 bits per heavy atom. The largest absolute Gasteiger partial charge is 0.396 e. The summed E-state index contributed by atoms with van der Waals surface area (Å²) in [7, 11) is 0. The summed E-state index contributed by atoms with van der Waals surface area (Å²) in [6.45, 7) is 3.63. The van der Waals surface area contributed by atoms with E-state index in [1.807, 2.05) is 12.1 Å². The summed E-state index contributed by atoms with van der Waals surface area (Å²) in [4.78, 5) is 11.8. The Morgan fingerprint density at radius 1 is 1.37 bits per heavy atom. The number of carbonyl (C=O) groups is 1. The van der Waals surface area contributed by atoms with Gasteiger partial charge in [0, 0.05) is 36.8 Å². The van der Waals surface area contributed by atoms with Gasteiger partial charge >= 0.3 is 0 Å². The molecule has 0 saturated carbocycles. The fourth-order valence-electron chi connectivity index (χ4n) is 2.27. The number of aromatic nitrogens is 1. The SMILES string of the molecule is CCn1cc(CC(=O)NCCCO)c2ccccc21. The van der Waals surface area contributed by atoms with Gasteiger partial charge in [0.25, 0.3) is 0 Å². The lowest BCUT2D eigenvalue weighted by Crippen LogP contribution is -2.26. The molecule has 2 aromatic rings. The molecular formula is C15H20N2O2. The first-order chi connectivity index (χ1) is 9.26. The number of amides is 1. The van der Waals surface area contributed by atoms with Gasteiger partial charge in [-0.05, 0) is 25.0 Å². The molecule has 4 nitrogen and oxygen atoms in total. The molecule has 0 aliphatic carbocycles. The summed E-state index contributed by atoms with van der Waals surface area (Å²) in [6, 6.07) is 8.14. The maximum atomic E-state index is 11.8. The molecule has 1 amide bonds. The van der Waals surface area contributed by atoms with E-state index in [1.54, 1.807) is 0 Å². The summed E-state index contributed by atoms with van der Waals surface area (Å²) < 4.78 is 2.16. The normalized spacial score (nSPS) is 10.8. The molecule has 1 aromatic carbocycles. The van der Waals surface area contributed by atoms with Crippen molar-refractivity contribution in [2.24, 2.45) is 0 Å². The van der Waals surface area contributed by atoms with Gasteiger partial charge in [0.1, 0.15) is 0 Å². The van der Waals surface area contributed by atoms with Crippen molar-refractivity contribution in [2.75, 3.05) is 13.2 Å². The molecule has 1 heterocycles. The van der Waals surface area contributed by atoms with Gasteiger partial charge in [-0.15, -0.1) is 0 Å². The topological polar surface area (TPSA) is 54.3 Å². The Hall–Kier alpha value is -1.81. The molecule has 0 unspecified atom stereocenters. The van der Waals surface area contributed by atoms with Crippen molar-refractivity contribution in [1.82, 2.24) is 9.88 Å². The van der Waals surface area contributed by atoms with Crippen LogP contribution in [0.25, 0.3) is 10.9 Å². The lowest BCUT2D eigenvalue weighted by Gasteiger charge is -2.03. The average Bonchev–Trinajstić information content (AvgIpc) is 2.77. The predicted octanol–water partition coefficient (Wildman–Crippen LogP) is 1.70. The zero-order chi connectivity index (χ0) is 13.7. The number of hydrogen-bond acceptors (Lipinski definition) is 2.